The second-order valence-corrected chi connectivity index (χ2v) is 7.40. The van der Waals surface area contributed by atoms with E-state index in [0.29, 0.717) is 41.7 Å². The Morgan fingerprint density at radius 2 is 1.36 bits per heavy atom. The van der Waals surface area contributed by atoms with Gasteiger partial charge in [0.15, 0.2) is 11.5 Å². The molecule has 4 rings (SSSR count). The van der Waals surface area contributed by atoms with Crippen LogP contribution in [0.1, 0.15) is 21.5 Å². The summed E-state index contributed by atoms with van der Waals surface area (Å²) in [6.07, 6.45) is 0. The van der Waals surface area contributed by atoms with Crippen LogP contribution in [0.4, 0.5) is 5.69 Å². The summed E-state index contributed by atoms with van der Waals surface area (Å²) in [5.74, 6) is 1.51. The standard InChI is InChI=1S/C28H25NO4/c1-31-27-17-23(15-16-26(27)33-20-22-11-6-3-7-12-22)28(30)29-24-13-8-14-25(18-24)32-19-21-9-4-2-5-10-21/h2-18H,19-20H2,1H3,(H,29,30). The highest BCUT2D eigenvalue weighted by Crippen LogP contribution is 2.29. The van der Waals surface area contributed by atoms with Crippen molar-refractivity contribution in [3.05, 3.63) is 120 Å². The average Bonchev–Trinajstić information content (AvgIpc) is 2.87. The Labute approximate surface area is 193 Å². The lowest BCUT2D eigenvalue weighted by atomic mass is 10.1. The molecule has 1 N–H and O–H groups in total. The van der Waals surface area contributed by atoms with Crippen LogP contribution < -0.4 is 19.5 Å². The maximum Gasteiger partial charge on any atom is 0.255 e. The molecule has 33 heavy (non-hydrogen) atoms. The third-order valence-electron chi connectivity index (χ3n) is 5.00. The molecule has 5 heteroatoms. The molecule has 5 nitrogen and oxygen atoms in total. The fourth-order valence-corrected chi connectivity index (χ4v) is 3.27. The van der Waals surface area contributed by atoms with Crippen molar-refractivity contribution in [1.82, 2.24) is 0 Å². The Bertz CT molecular complexity index is 1190. The van der Waals surface area contributed by atoms with Gasteiger partial charge in [0.25, 0.3) is 5.91 Å². The molecule has 0 radical (unpaired) electrons. The smallest absolute Gasteiger partial charge is 0.255 e. The van der Waals surface area contributed by atoms with Crippen LogP contribution in [0, 0.1) is 0 Å². The van der Waals surface area contributed by atoms with Crippen molar-refractivity contribution in [2.24, 2.45) is 0 Å². The van der Waals surface area contributed by atoms with Crippen LogP contribution >= 0.6 is 0 Å². The molecule has 4 aromatic carbocycles. The van der Waals surface area contributed by atoms with E-state index in [1.54, 1.807) is 31.4 Å². The second-order valence-electron chi connectivity index (χ2n) is 7.40. The van der Waals surface area contributed by atoms with E-state index in [1.807, 2.05) is 78.9 Å². The number of hydrogen-bond acceptors (Lipinski definition) is 4. The van der Waals surface area contributed by atoms with Crippen molar-refractivity contribution < 1.29 is 19.0 Å². The highest BCUT2D eigenvalue weighted by atomic mass is 16.5. The lowest BCUT2D eigenvalue weighted by Gasteiger charge is -2.13. The first-order chi connectivity index (χ1) is 16.2. The number of carbonyl (C=O) groups is 1. The summed E-state index contributed by atoms with van der Waals surface area (Å²) in [6, 6.07) is 32.3. The van der Waals surface area contributed by atoms with Gasteiger partial charge < -0.3 is 19.5 Å². The Hall–Kier alpha value is -4.25. The molecule has 0 fully saturated rings. The molecular weight excluding hydrogens is 414 g/mol. The largest absolute Gasteiger partial charge is 0.493 e. The van der Waals surface area contributed by atoms with Gasteiger partial charge in [-0.1, -0.05) is 66.7 Å². The summed E-state index contributed by atoms with van der Waals surface area (Å²) in [6.45, 7) is 0.873. The summed E-state index contributed by atoms with van der Waals surface area (Å²) in [5, 5.41) is 2.91. The van der Waals surface area contributed by atoms with Crippen molar-refractivity contribution in [2.75, 3.05) is 12.4 Å². The second kappa shape index (κ2) is 10.9. The Balaban J connectivity index is 1.39. The minimum absolute atomic E-state index is 0.247. The molecule has 0 saturated heterocycles. The van der Waals surface area contributed by atoms with E-state index in [9.17, 15) is 4.79 Å². The topological polar surface area (TPSA) is 56.8 Å². The zero-order valence-electron chi connectivity index (χ0n) is 18.4. The first kappa shape index (κ1) is 22.0. The number of nitrogens with one attached hydrogen (secondary N) is 1. The number of carbonyl (C=O) groups excluding carboxylic acids is 1. The van der Waals surface area contributed by atoms with Gasteiger partial charge in [0.1, 0.15) is 19.0 Å². The molecule has 4 aromatic rings. The minimum Gasteiger partial charge on any atom is -0.493 e. The predicted molar refractivity (Wildman–Crippen MR) is 129 cm³/mol. The van der Waals surface area contributed by atoms with Crippen molar-refractivity contribution >= 4 is 11.6 Å². The normalized spacial score (nSPS) is 10.3. The van der Waals surface area contributed by atoms with Gasteiger partial charge in [-0.2, -0.15) is 0 Å². The van der Waals surface area contributed by atoms with Crippen LogP contribution in [0.15, 0.2) is 103 Å². The van der Waals surface area contributed by atoms with Crippen molar-refractivity contribution in [1.29, 1.82) is 0 Å². The van der Waals surface area contributed by atoms with E-state index in [4.69, 9.17) is 14.2 Å². The van der Waals surface area contributed by atoms with E-state index in [0.717, 1.165) is 11.1 Å². The predicted octanol–water partition coefficient (Wildman–Crippen LogP) is 6.11. The zero-order valence-corrected chi connectivity index (χ0v) is 18.4. The minimum atomic E-state index is -0.247. The summed E-state index contributed by atoms with van der Waals surface area (Å²) in [4.78, 5) is 12.8. The number of methoxy groups -OCH3 is 1. The Morgan fingerprint density at radius 3 is 2.03 bits per heavy atom. The lowest BCUT2D eigenvalue weighted by molar-refractivity contribution is 0.102. The number of ether oxygens (including phenoxy) is 3. The fourth-order valence-electron chi connectivity index (χ4n) is 3.27. The maximum absolute atomic E-state index is 12.8. The van der Waals surface area contributed by atoms with Gasteiger partial charge in [-0.15, -0.1) is 0 Å². The number of amides is 1. The average molecular weight is 440 g/mol. The van der Waals surface area contributed by atoms with Gasteiger partial charge in [0.2, 0.25) is 0 Å². The summed E-state index contributed by atoms with van der Waals surface area (Å²) < 4.78 is 17.2. The summed E-state index contributed by atoms with van der Waals surface area (Å²) in [7, 11) is 1.56. The van der Waals surface area contributed by atoms with E-state index >= 15 is 0 Å². The third-order valence-corrected chi connectivity index (χ3v) is 5.00. The van der Waals surface area contributed by atoms with Gasteiger partial charge >= 0.3 is 0 Å². The van der Waals surface area contributed by atoms with Crippen LogP contribution in [0.3, 0.4) is 0 Å². The van der Waals surface area contributed by atoms with Crippen molar-refractivity contribution in [3.63, 3.8) is 0 Å². The third kappa shape index (κ3) is 6.14. The van der Waals surface area contributed by atoms with E-state index in [2.05, 4.69) is 5.32 Å². The van der Waals surface area contributed by atoms with Gasteiger partial charge in [0, 0.05) is 17.3 Å². The van der Waals surface area contributed by atoms with Crippen molar-refractivity contribution in [3.8, 4) is 17.2 Å². The fraction of sp³-hybridized carbons (Fsp3) is 0.107. The Kier molecular flexibility index (Phi) is 7.23. The number of benzene rings is 4. The van der Waals surface area contributed by atoms with Gasteiger partial charge in [-0.3, -0.25) is 4.79 Å². The molecule has 0 unspecified atom stereocenters. The monoisotopic (exact) mass is 439 g/mol. The Morgan fingerprint density at radius 1 is 0.697 bits per heavy atom. The van der Waals surface area contributed by atoms with Crippen LogP contribution in [0.2, 0.25) is 0 Å². The summed E-state index contributed by atoms with van der Waals surface area (Å²) >= 11 is 0. The lowest BCUT2D eigenvalue weighted by Crippen LogP contribution is -2.12. The molecule has 1 amide bonds. The number of hydrogen-bond donors (Lipinski definition) is 1. The van der Waals surface area contributed by atoms with Crippen LogP contribution in [0.5, 0.6) is 17.2 Å². The number of anilines is 1. The quantitative estimate of drug-likeness (QED) is 0.342. The van der Waals surface area contributed by atoms with Crippen LogP contribution in [-0.2, 0) is 13.2 Å². The van der Waals surface area contributed by atoms with Gasteiger partial charge in [-0.25, -0.2) is 0 Å². The molecule has 0 aromatic heterocycles. The van der Waals surface area contributed by atoms with Crippen LogP contribution in [-0.4, -0.2) is 13.0 Å². The van der Waals surface area contributed by atoms with Crippen molar-refractivity contribution in [2.45, 2.75) is 13.2 Å². The molecule has 0 bridgehead atoms. The van der Waals surface area contributed by atoms with Gasteiger partial charge in [-0.05, 0) is 41.5 Å². The maximum atomic E-state index is 12.8. The molecule has 0 aliphatic carbocycles. The molecule has 0 heterocycles. The number of rotatable bonds is 9. The molecular formula is C28H25NO4. The van der Waals surface area contributed by atoms with Gasteiger partial charge in [0.05, 0.1) is 7.11 Å². The SMILES string of the molecule is COc1cc(C(=O)Nc2cccc(OCc3ccccc3)c2)ccc1OCc1ccccc1. The molecule has 0 spiro atoms. The first-order valence-corrected chi connectivity index (χ1v) is 10.6. The summed E-state index contributed by atoms with van der Waals surface area (Å²) in [5.41, 5.74) is 3.24. The zero-order chi connectivity index (χ0) is 22.9. The van der Waals surface area contributed by atoms with E-state index in [1.165, 1.54) is 0 Å². The molecule has 0 aliphatic heterocycles. The molecule has 166 valence electrons. The molecule has 0 saturated carbocycles. The van der Waals surface area contributed by atoms with E-state index in [-0.39, 0.29) is 5.91 Å². The highest BCUT2D eigenvalue weighted by molar-refractivity contribution is 6.04. The molecule has 0 aliphatic rings. The first-order valence-electron chi connectivity index (χ1n) is 10.6. The molecule has 0 atom stereocenters. The highest BCUT2D eigenvalue weighted by Gasteiger charge is 2.12. The van der Waals surface area contributed by atoms with Crippen LogP contribution in [0.25, 0.3) is 0 Å². The van der Waals surface area contributed by atoms with E-state index < -0.39 is 0 Å².